The Morgan fingerprint density at radius 1 is 0.679 bits per heavy atom. The monoisotopic (exact) mass is 743 g/mol. The number of non-ortho nitro benzene ring substituents is 1. The lowest BCUT2D eigenvalue weighted by atomic mass is 10.1. The molecule has 2 aliphatic heterocycles. The molecule has 0 aliphatic carbocycles. The van der Waals surface area contributed by atoms with E-state index in [9.17, 15) is 20.6 Å². The second-order valence-corrected chi connectivity index (χ2v) is 15.1. The van der Waals surface area contributed by atoms with Crippen molar-refractivity contribution >= 4 is 60.4 Å². The van der Waals surface area contributed by atoms with Crippen LogP contribution in [0.2, 0.25) is 0 Å². The standard InChI is InChI=1S/C20H20N4OS.C19H17N5O2S/c1-13-16(12-21)26-20-17(13)19(24-10-4-3-5-11-24)22-18(23-20)14-6-8-15(25-2)9-7-14;1-12-15(11-20)27-19-16(12)18(23-9-3-2-4-10-23)21-17(22-19)13-5-7-14(8-6-13)24(25)26/h6-9H,3-5,10-11H2,1-2H3;5-8H,2-4,9-10H2,1H3. The summed E-state index contributed by atoms with van der Waals surface area (Å²) in [6.07, 6.45) is 7.07. The molecule has 0 bridgehead atoms. The fourth-order valence-corrected chi connectivity index (χ4v) is 8.79. The van der Waals surface area contributed by atoms with Gasteiger partial charge in [-0.3, -0.25) is 10.1 Å². The number of ether oxygens (including phenoxy) is 1. The highest BCUT2D eigenvalue weighted by atomic mass is 32.1. The first-order valence-corrected chi connectivity index (χ1v) is 19.2. The summed E-state index contributed by atoms with van der Waals surface area (Å²) in [6.45, 7) is 7.82. The van der Waals surface area contributed by atoms with E-state index >= 15 is 0 Å². The number of hydrogen-bond donors (Lipinski definition) is 0. The second-order valence-electron chi connectivity index (χ2n) is 13.1. The first kappa shape index (κ1) is 35.7. The van der Waals surface area contributed by atoms with E-state index in [1.165, 1.54) is 60.5 Å². The van der Waals surface area contributed by atoms with Crippen molar-refractivity contribution in [2.24, 2.45) is 0 Å². The minimum absolute atomic E-state index is 0.0369. The predicted octanol–water partition coefficient (Wildman–Crippen LogP) is 8.97. The number of anilines is 2. The summed E-state index contributed by atoms with van der Waals surface area (Å²) in [5.41, 5.74) is 3.64. The van der Waals surface area contributed by atoms with E-state index in [0.717, 1.165) is 104 Å². The number of rotatable bonds is 6. The summed E-state index contributed by atoms with van der Waals surface area (Å²) in [6, 6.07) is 18.6. The number of nitro benzene ring substituents is 1. The van der Waals surface area contributed by atoms with E-state index in [1.54, 1.807) is 19.2 Å². The molecule has 2 fully saturated rings. The van der Waals surface area contributed by atoms with Crippen molar-refractivity contribution in [2.75, 3.05) is 43.1 Å². The molecule has 53 heavy (non-hydrogen) atoms. The lowest BCUT2D eigenvalue weighted by molar-refractivity contribution is -0.384. The summed E-state index contributed by atoms with van der Waals surface area (Å²) in [4.78, 5) is 37.3. The van der Waals surface area contributed by atoms with Crippen molar-refractivity contribution in [2.45, 2.75) is 52.4 Å². The van der Waals surface area contributed by atoms with Gasteiger partial charge in [-0.2, -0.15) is 10.5 Å². The maximum atomic E-state index is 10.9. The van der Waals surface area contributed by atoms with Crippen molar-refractivity contribution in [3.63, 3.8) is 0 Å². The highest BCUT2D eigenvalue weighted by Gasteiger charge is 2.24. The lowest BCUT2D eigenvalue weighted by Crippen LogP contribution is -2.30. The Balaban J connectivity index is 0.000000164. The van der Waals surface area contributed by atoms with Crippen molar-refractivity contribution in [1.82, 2.24) is 19.9 Å². The van der Waals surface area contributed by atoms with Crippen molar-refractivity contribution in [3.8, 4) is 40.7 Å². The SMILES string of the molecule is COc1ccc(-c2nc(N3CCCCC3)c3c(C)c(C#N)sc3n2)cc1.Cc1c(C#N)sc2nc(-c3ccc([N+](=O)[O-])cc3)nc(N3CCCCC3)c12. The third-order valence-corrected chi connectivity index (χ3v) is 11.9. The fraction of sp³-hybridized carbons (Fsp3) is 0.333. The van der Waals surface area contributed by atoms with Gasteiger partial charge < -0.3 is 14.5 Å². The van der Waals surface area contributed by atoms with Gasteiger partial charge in [0.1, 0.15) is 48.9 Å². The average molecular weight is 744 g/mol. The van der Waals surface area contributed by atoms with Crippen molar-refractivity contribution in [3.05, 3.63) is 79.5 Å². The number of methoxy groups -OCH3 is 1. The largest absolute Gasteiger partial charge is 0.497 e. The quantitative estimate of drug-likeness (QED) is 0.118. The highest BCUT2D eigenvalue weighted by Crippen LogP contribution is 2.39. The smallest absolute Gasteiger partial charge is 0.269 e. The molecule has 6 heterocycles. The number of aromatic nitrogens is 4. The van der Waals surface area contributed by atoms with E-state index in [4.69, 9.17) is 19.7 Å². The van der Waals surface area contributed by atoms with Crippen LogP contribution < -0.4 is 14.5 Å². The number of aryl methyl sites for hydroxylation is 2. The Morgan fingerprint density at radius 3 is 1.47 bits per heavy atom. The maximum Gasteiger partial charge on any atom is 0.269 e. The average Bonchev–Trinajstić information content (AvgIpc) is 3.72. The van der Waals surface area contributed by atoms with Gasteiger partial charge in [-0.1, -0.05) is 0 Å². The van der Waals surface area contributed by atoms with Gasteiger partial charge in [0, 0.05) is 49.4 Å². The van der Waals surface area contributed by atoms with Crippen LogP contribution in [0.1, 0.15) is 59.4 Å². The molecule has 268 valence electrons. The van der Waals surface area contributed by atoms with Gasteiger partial charge in [-0.05, 0) is 99.9 Å². The van der Waals surface area contributed by atoms with Crippen molar-refractivity contribution in [1.29, 1.82) is 10.5 Å². The van der Waals surface area contributed by atoms with Crippen LogP contribution >= 0.6 is 22.7 Å². The topological polar surface area (TPSA) is 158 Å². The minimum Gasteiger partial charge on any atom is -0.497 e. The van der Waals surface area contributed by atoms with Crippen LogP contribution in [0.25, 0.3) is 43.2 Å². The zero-order chi connectivity index (χ0) is 37.1. The first-order valence-electron chi connectivity index (χ1n) is 17.6. The van der Waals surface area contributed by atoms with E-state index in [-0.39, 0.29) is 5.69 Å². The lowest BCUT2D eigenvalue weighted by Gasteiger charge is -2.28. The fourth-order valence-electron chi connectivity index (χ4n) is 6.85. The molecule has 2 aromatic carbocycles. The molecule has 0 atom stereocenters. The van der Waals surface area contributed by atoms with Crippen molar-refractivity contribution < 1.29 is 9.66 Å². The molecule has 0 radical (unpaired) electrons. The van der Waals surface area contributed by atoms with Crippen LogP contribution in [0.4, 0.5) is 17.3 Å². The normalized spacial score (nSPS) is 14.4. The molecule has 8 rings (SSSR count). The van der Waals surface area contributed by atoms with Gasteiger partial charge in [0.15, 0.2) is 11.6 Å². The molecule has 12 nitrogen and oxygen atoms in total. The molecule has 0 spiro atoms. The number of nitrogens with zero attached hydrogens (tertiary/aromatic N) is 9. The van der Waals surface area contributed by atoms with Gasteiger partial charge >= 0.3 is 0 Å². The van der Waals surface area contributed by atoms with E-state index < -0.39 is 4.92 Å². The molecule has 2 saturated heterocycles. The predicted molar refractivity (Wildman–Crippen MR) is 210 cm³/mol. The van der Waals surface area contributed by atoms with Gasteiger partial charge in [0.25, 0.3) is 5.69 Å². The molecule has 6 aromatic rings. The van der Waals surface area contributed by atoms with Gasteiger partial charge in [0.05, 0.1) is 22.8 Å². The summed E-state index contributed by atoms with van der Waals surface area (Å²) < 4.78 is 5.24. The van der Waals surface area contributed by atoms with Gasteiger partial charge in [-0.25, -0.2) is 19.9 Å². The van der Waals surface area contributed by atoms with Crippen LogP contribution in [0.15, 0.2) is 48.5 Å². The van der Waals surface area contributed by atoms with E-state index in [2.05, 4.69) is 26.9 Å². The number of fused-ring (bicyclic) bond motifs is 2. The highest BCUT2D eigenvalue weighted by molar-refractivity contribution is 7.19. The Hall–Kier alpha value is -5.70. The molecule has 14 heteroatoms. The van der Waals surface area contributed by atoms with E-state index in [1.807, 2.05) is 38.1 Å². The number of nitriles is 2. The summed E-state index contributed by atoms with van der Waals surface area (Å²) in [5, 5.41) is 31.8. The zero-order valence-corrected chi connectivity index (χ0v) is 31.4. The third-order valence-electron chi connectivity index (χ3n) is 9.74. The molecular formula is C39H37N9O3S2. The number of thiophene rings is 2. The van der Waals surface area contributed by atoms with Gasteiger partial charge in [0.2, 0.25) is 0 Å². The molecule has 2 aliphatic rings. The molecule has 0 unspecified atom stereocenters. The van der Waals surface area contributed by atoms with Crippen LogP contribution in [0, 0.1) is 46.6 Å². The summed E-state index contributed by atoms with van der Waals surface area (Å²) in [5.74, 6) is 3.87. The van der Waals surface area contributed by atoms with Crippen LogP contribution in [-0.2, 0) is 0 Å². The van der Waals surface area contributed by atoms with Crippen LogP contribution in [0.3, 0.4) is 0 Å². The molecular weight excluding hydrogens is 707 g/mol. The summed E-state index contributed by atoms with van der Waals surface area (Å²) >= 11 is 2.83. The molecule has 0 saturated carbocycles. The molecule has 4 aromatic heterocycles. The molecule has 0 amide bonds. The van der Waals surface area contributed by atoms with Gasteiger partial charge in [-0.15, -0.1) is 22.7 Å². The number of nitro groups is 1. The summed E-state index contributed by atoms with van der Waals surface area (Å²) in [7, 11) is 1.66. The number of piperidine rings is 2. The Bertz CT molecular complexity index is 2380. The van der Waals surface area contributed by atoms with Crippen LogP contribution in [-0.4, -0.2) is 58.1 Å². The van der Waals surface area contributed by atoms with Crippen LogP contribution in [0.5, 0.6) is 5.75 Å². The zero-order valence-electron chi connectivity index (χ0n) is 29.8. The molecule has 0 N–H and O–H groups in total. The minimum atomic E-state index is -0.422. The Kier molecular flexibility index (Phi) is 10.4. The maximum absolute atomic E-state index is 10.9. The third kappa shape index (κ3) is 7.20. The Morgan fingerprint density at radius 2 is 1.09 bits per heavy atom. The Labute approximate surface area is 315 Å². The number of hydrogen-bond acceptors (Lipinski definition) is 13. The second kappa shape index (κ2) is 15.5. The number of benzene rings is 2. The van der Waals surface area contributed by atoms with E-state index in [0.29, 0.717) is 16.5 Å². The first-order chi connectivity index (χ1) is 25.8.